The number of pyridine rings is 1. The van der Waals surface area contributed by atoms with Crippen molar-refractivity contribution in [3.05, 3.63) is 105 Å². The molecular formula is C35H37FN8O3. The molecule has 3 aromatic heterocycles. The summed E-state index contributed by atoms with van der Waals surface area (Å²) in [4.78, 5) is 36.0. The zero-order valence-corrected chi connectivity index (χ0v) is 26.9. The molecule has 0 amide bonds. The van der Waals surface area contributed by atoms with Gasteiger partial charge in [-0.2, -0.15) is 14.9 Å². The van der Waals surface area contributed by atoms with Gasteiger partial charge >= 0.3 is 0 Å². The van der Waals surface area contributed by atoms with Gasteiger partial charge in [0, 0.05) is 55.8 Å². The fourth-order valence-corrected chi connectivity index (χ4v) is 5.94. The number of hydrogen-bond donors (Lipinski definition) is 2. The van der Waals surface area contributed by atoms with Crippen molar-refractivity contribution >= 4 is 33.5 Å². The molecule has 1 aliphatic rings. The minimum absolute atomic E-state index is 0.123. The van der Waals surface area contributed by atoms with Crippen LogP contribution in [0.2, 0.25) is 0 Å². The second-order valence-corrected chi connectivity index (χ2v) is 12.0. The number of nitrogens with zero attached hydrogens (tertiary/aromatic N) is 7. The Bertz CT molecular complexity index is 2100. The number of piperazine rings is 1. The molecule has 12 heteroatoms. The highest BCUT2D eigenvalue weighted by atomic mass is 19.1. The number of allylic oxidation sites excluding steroid dienone is 1. The molecule has 0 aliphatic carbocycles. The Kier molecular flexibility index (Phi) is 8.71. The summed E-state index contributed by atoms with van der Waals surface area (Å²) in [6, 6.07) is 13.9. The fourth-order valence-electron chi connectivity index (χ4n) is 5.94. The molecule has 5 aromatic rings. The SMILES string of the molecule is C=C(C)c1cc(F)c2c(=O)n(-c3cccc(-c4cc(Nc5ccc(N6CCN(C(C)C)CC6)cn5)c(=O)n(C)n4)c3CO)ncc2c1. The van der Waals surface area contributed by atoms with E-state index in [4.69, 9.17) is 0 Å². The van der Waals surface area contributed by atoms with Crippen molar-refractivity contribution in [2.45, 2.75) is 33.4 Å². The first-order chi connectivity index (χ1) is 22.5. The summed E-state index contributed by atoms with van der Waals surface area (Å²) >= 11 is 0. The molecule has 6 rings (SSSR count). The quantitative estimate of drug-likeness (QED) is 0.254. The first-order valence-corrected chi connectivity index (χ1v) is 15.5. The molecule has 0 atom stereocenters. The van der Waals surface area contributed by atoms with Crippen LogP contribution in [0.4, 0.5) is 21.6 Å². The molecule has 2 N–H and O–H groups in total. The number of hydrogen-bond acceptors (Lipinski definition) is 9. The Labute approximate surface area is 271 Å². The van der Waals surface area contributed by atoms with Crippen molar-refractivity contribution < 1.29 is 9.50 Å². The van der Waals surface area contributed by atoms with Gasteiger partial charge in [0.1, 0.15) is 17.3 Å². The largest absolute Gasteiger partial charge is 0.392 e. The monoisotopic (exact) mass is 636 g/mol. The van der Waals surface area contributed by atoms with Crippen molar-refractivity contribution in [3.63, 3.8) is 0 Å². The zero-order chi connectivity index (χ0) is 33.4. The van der Waals surface area contributed by atoms with Gasteiger partial charge in [0.2, 0.25) is 0 Å². The van der Waals surface area contributed by atoms with Crippen molar-refractivity contribution in [1.29, 1.82) is 0 Å². The predicted octanol–water partition coefficient (Wildman–Crippen LogP) is 4.48. The Morgan fingerprint density at radius 3 is 2.47 bits per heavy atom. The van der Waals surface area contributed by atoms with E-state index in [1.807, 2.05) is 12.1 Å². The maximum atomic E-state index is 15.2. The van der Waals surface area contributed by atoms with Gasteiger partial charge in [-0.3, -0.25) is 14.5 Å². The summed E-state index contributed by atoms with van der Waals surface area (Å²) in [6.07, 6.45) is 3.21. The third kappa shape index (κ3) is 6.17. The lowest BCUT2D eigenvalue weighted by atomic mass is 10.0. The van der Waals surface area contributed by atoms with E-state index >= 15 is 4.39 Å². The van der Waals surface area contributed by atoms with Gasteiger partial charge in [-0.1, -0.05) is 24.3 Å². The number of aromatic nitrogens is 5. The number of rotatable bonds is 8. The smallest absolute Gasteiger partial charge is 0.290 e. The van der Waals surface area contributed by atoms with E-state index in [-0.39, 0.29) is 22.3 Å². The lowest BCUT2D eigenvalue weighted by molar-refractivity contribution is 0.209. The molecule has 242 valence electrons. The van der Waals surface area contributed by atoms with E-state index in [2.05, 4.69) is 50.7 Å². The van der Waals surface area contributed by atoms with Crippen LogP contribution in [0.1, 0.15) is 31.9 Å². The van der Waals surface area contributed by atoms with Crippen molar-refractivity contribution in [2.24, 2.45) is 7.05 Å². The van der Waals surface area contributed by atoms with Crippen LogP contribution in [0.3, 0.4) is 0 Å². The highest BCUT2D eigenvalue weighted by molar-refractivity contribution is 5.85. The highest BCUT2D eigenvalue weighted by Crippen LogP contribution is 2.29. The first kappa shape index (κ1) is 31.8. The molecule has 0 unspecified atom stereocenters. The highest BCUT2D eigenvalue weighted by Gasteiger charge is 2.21. The number of aliphatic hydroxyl groups excluding tert-OH is 1. The zero-order valence-electron chi connectivity index (χ0n) is 26.9. The van der Waals surface area contributed by atoms with Crippen molar-refractivity contribution in [1.82, 2.24) is 29.4 Å². The van der Waals surface area contributed by atoms with Gasteiger partial charge in [0.25, 0.3) is 11.1 Å². The molecule has 0 saturated carbocycles. The maximum Gasteiger partial charge on any atom is 0.290 e. The van der Waals surface area contributed by atoms with Crippen molar-refractivity contribution in [2.75, 3.05) is 36.4 Å². The number of fused-ring (bicyclic) bond motifs is 1. The molecule has 0 radical (unpaired) electrons. The van der Waals surface area contributed by atoms with Crippen molar-refractivity contribution in [3.8, 4) is 16.9 Å². The summed E-state index contributed by atoms with van der Waals surface area (Å²) in [7, 11) is 1.53. The summed E-state index contributed by atoms with van der Waals surface area (Å²) in [5, 5.41) is 22.6. The molecular weight excluding hydrogens is 599 g/mol. The number of anilines is 3. The molecule has 1 fully saturated rings. The number of halogens is 1. The van der Waals surface area contributed by atoms with Crippen LogP contribution in [0.25, 0.3) is 33.3 Å². The van der Waals surface area contributed by atoms with Crippen LogP contribution in [0.15, 0.2) is 77.1 Å². The van der Waals surface area contributed by atoms with E-state index in [9.17, 15) is 14.7 Å². The lowest BCUT2D eigenvalue weighted by Gasteiger charge is -2.38. The summed E-state index contributed by atoms with van der Waals surface area (Å²) in [5.74, 6) is -0.196. The Morgan fingerprint density at radius 2 is 1.81 bits per heavy atom. The second kappa shape index (κ2) is 12.9. The topological polar surface area (TPSA) is 121 Å². The first-order valence-electron chi connectivity index (χ1n) is 15.5. The Balaban J connectivity index is 1.33. The molecule has 0 bridgehead atoms. The van der Waals surface area contributed by atoms with Crippen LogP contribution in [-0.4, -0.2) is 66.8 Å². The molecule has 47 heavy (non-hydrogen) atoms. The van der Waals surface area contributed by atoms with Gasteiger partial charge in [0.15, 0.2) is 0 Å². The summed E-state index contributed by atoms with van der Waals surface area (Å²) in [5.41, 5.74) is 2.86. The fraction of sp³-hybridized carbons (Fsp3) is 0.286. The molecule has 11 nitrogen and oxygen atoms in total. The minimum atomic E-state index is -0.686. The summed E-state index contributed by atoms with van der Waals surface area (Å²) < 4.78 is 17.4. The Hall–Kier alpha value is -5.20. The van der Waals surface area contributed by atoms with Crippen LogP contribution < -0.4 is 21.3 Å². The van der Waals surface area contributed by atoms with E-state index in [1.165, 1.54) is 24.0 Å². The van der Waals surface area contributed by atoms with Crippen LogP contribution in [-0.2, 0) is 13.7 Å². The average molecular weight is 637 g/mol. The lowest BCUT2D eigenvalue weighted by Crippen LogP contribution is -2.48. The summed E-state index contributed by atoms with van der Waals surface area (Å²) in [6.45, 7) is 13.4. The molecule has 0 spiro atoms. The number of aliphatic hydroxyl groups is 1. The average Bonchev–Trinajstić information content (AvgIpc) is 3.06. The van der Waals surface area contributed by atoms with E-state index < -0.39 is 18.0 Å². The minimum Gasteiger partial charge on any atom is -0.392 e. The van der Waals surface area contributed by atoms with E-state index in [1.54, 1.807) is 43.5 Å². The predicted molar refractivity (Wildman–Crippen MR) is 183 cm³/mol. The molecule has 1 aliphatic heterocycles. The third-order valence-electron chi connectivity index (χ3n) is 8.63. The third-order valence-corrected chi connectivity index (χ3v) is 8.63. The standard InChI is InChI=1S/C35H37FN8O3/c1-21(2)23-15-24-18-38-44(35(47)33(24)28(36)16-23)31-8-6-7-26(27(31)20-45)29-17-30(34(46)41(5)40-29)39-32-10-9-25(19-37-32)43-13-11-42(12-14-43)22(3)4/h6-10,15-19,22,45H,1,11-14,20H2,2-5H3,(H,37,39). The molecule has 2 aromatic carbocycles. The number of nitrogens with one attached hydrogen (secondary N) is 1. The Morgan fingerprint density at radius 1 is 1.04 bits per heavy atom. The van der Waals surface area contributed by atoms with E-state index in [0.717, 1.165) is 36.5 Å². The van der Waals surface area contributed by atoms with Crippen LogP contribution >= 0.6 is 0 Å². The molecule has 4 heterocycles. The van der Waals surface area contributed by atoms with Gasteiger partial charge in [-0.15, -0.1) is 0 Å². The maximum absolute atomic E-state index is 15.2. The van der Waals surface area contributed by atoms with Crippen LogP contribution in [0.5, 0.6) is 0 Å². The van der Waals surface area contributed by atoms with Gasteiger partial charge in [-0.05, 0) is 62.7 Å². The van der Waals surface area contributed by atoms with Gasteiger partial charge in [-0.25, -0.2) is 14.1 Å². The van der Waals surface area contributed by atoms with E-state index in [0.29, 0.717) is 45.2 Å². The van der Waals surface area contributed by atoms with Gasteiger partial charge in [0.05, 0.1) is 41.5 Å². The van der Waals surface area contributed by atoms with Crippen LogP contribution in [0, 0.1) is 5.82 Å². The number of aryl methyl sites for hydroxylation is 1. The van der Waals surface area contributed by atoms with Gasteiger partial charge < -0.3 is 15.3 Å². The molecule has 1 saturated heterocycles. The number of benzene rings is 2. The second-order valence-electron chi connectivity index (χ2n) is 12.0. The normalized spacial score (nSPS) is 13.8.